The van der Waals surface area contributed by atoms with Gasteiger partial charge in [0.05, 0.1) is 12.5 Å². The summed E-state index contributed by atoms with van der Waals surface area (Å²) in [5.74, 6) is -1.05. The molecule has 0 radical (unpaired) electrons. The average Bonchev–Trinajstić information content (AvgIpc) is 3.00. The Hall–Kier alpha value is -2.94. The number of esters is 1. The molecule has 2 N–H and O–H groups in total. The van der Waals surface area contributed by atoms with Crippen molar-refractivity contribution in [3.63, 3.8) is 0 Å². The molecule has 0 aliphatic heterocycles. The summed E-state index contributed by atoms with van der Waals surface area (Å²) in [7, 11) is 1.53. The zero-order chi connectivity index (χ0) is 17.5. The van der Waals surface area contributed by atoms with E-state index < -0.39 is 17.8 Å². The van der Waals surface area contributed by atoms with Crippen molar-refractivity contribution in [3.8, 4) is 11.6 Å². The highest BCUT2D eigenvalue weighted by Gasteiger charge is 2.16. The number of hydrogen-bond acceptors (Lipinski definition) is 7. The summed E-state index contributed by atoms with van der Waals surface area (Å²) in [5.41, 5.74) is 0.545. The van der Waals surface area contributed by atoms with Crippen LogP contribution in [0.15, 0.2) is 29.6 Å². The maximum absolute atomic E-state index is 11.9. The second-order valence-corrected chi connectivity index (χ2v) is 5.33. The van der Waals surface area contributed by atoms with Crippen LogP contribution in [0.1, 0.15) is 13.3 Å². The Kier molecular flexibility index (Phi) is 5.85. The van der Waals surface area contributed by atoms with E-state index in [1.54, 1.807) is 31.2 Å². The van der Waals surface area contributed by atoms with Crippen molar-refractivity contribution in [3.05, 3.63) is 29.6 Å². The lowest BCUT2D eigenvalue weighted by atomic mass is 10.3. The van der Waals surface area contributed by atoms with Crippen LogP contribution in [0.5, 0.6) is 11.6 Å². The number of Topliss-reactive ketones (excluding diaryl/α,β-unsaturated/α-hetero) is 1. The Bertz CT molecular complexity index is 759. The molecule has 8 nitrogen and oxygen atoms in total. The first kappa shape index (κ1) is 17.4. The van der Waals surface area contributed by atoms with Crippen LogP contribution < -0.4 is 20.1 Å². The number of nitrogens with zero attached hydrogens (tertiary/aromatic N) is 1. The molecule has 1 aromatic carbocycles. The molecule has 0 saturated heterocycles. The van der Waals surface area contributed by atoms with Crippen molar-refractivity contribution in [2.75, 3.05) is 17.7 Å². The van der Waals surface area contributed by atoms with Gasteiger partial charge in [-0.1, -0.05) is 13.0 Å². The Labute approximate surface area is 141 Å². The Balaban J connectivity index is 1.92. The van der Waals surface area contributed by atoms with E-state index in [2.05, 4.69) is 15.6 Å². The maximum Gasteiger partial charge on any atom is 0.381 e. The topological polar surface area (TPSA) is 107 Å². The molecule has 1 aromatic heterocycles. The van der Waals surface area contributed by atoms with Crippen molar-refractivity contribution >= 4 is 39.9 Å². The quantitative estimate of drug-likeness (QED) is 0.613. The van der Waals surface area contributed by atoms with E-state index >= 15 is 0 Å². The lowest BCUT2D eigenvalue weighted by molar-refractivity contribution is -0.147. The minimum atomic E-state index is -0.977. The van der Waals surface area contributed by atoms with E-state index in [9.17, 15) is 14.4 Å². The molecule has 0 spiro atoms. The molecule has 1 heterocycles. The molecule has 0 atom stereocenters. The smallest absolute Gasteiger partial charge is 0.381 e. The number of methoxy groups -OCH3 is 1. The van der Waals surface area contributed by atoms with Crippen LogP contribution in [-0.4, -0.2) is 29.9 Å². The molecule has 9 heteroatoms. The van der Waals surface area contributed by atoms with Crippen LogP contribution in [0.4, 0.5) is 15.6 Å². The highest BCUT2D eigenvalue weighted by Crippen LogP contribution is 2.22. The molecule has 2 amide bonds. The molecule has 24 heavy (non-hydrogen) atoms. The van der Waals surface area contributed by atoms with Crippen LogP contribution in [0.3, 0.4) is 0 Å². The molecule has 0 unspecified atom stereocenters. The summed E-state index contributed by atoms with van der Waals surface area (Å²) in [6, 6.07) is 6.33. The van der Waals surface area contributed by atoms with Crippen LogP contribution in [0, 0.1) is 0 Å². The number of aromatic nitrogens is 1. The number of rotatable bonds is 6. The average molecular weight is 349 g/mol. The van der Waals surface area contributed by atoms with Crippen molar-refractivity contribution in [1.82, 2.24) is 4.98 Å². The van der Waals surface area contributed by atoms with Gasteiger partial charge in [-0.3, -0.25) is 10.1 Å². The number of hydrogen-bond donors (Lipinski definition) is 2. The molecule has 0 aliphatic rings. The minimum absolute atomic E-state index is 0.0384. The summed E-state index contributed by atoms with van der Waals surface area (Å²) < 4.78 is 9.87. The maximum atomic E-state index is 11.9. The van der Waals surface area contributed by atoms with E-state index in [4.69, 9.17) is 9.47 Å². The van der Waals surface area contributed by atoms with Crippen molar-refractivity contribution in [2.45, 2.75) is 13.3 Å². The van der Waals surface area contributed by atoms with E-state index in [-0.39, 0.29) is 17.4 Å². The normalized spacial score (nSPS) is 9.92. The lowest BCUT2D eigenvalue weighted by Crippen LogP contribution is -2.20. The zero-order valence-electron chi connectivity index (χ0n) is 13.0. The fraction of sp³-hybridized carbons (Fsp3) is 0.200. The monoisotopic (exact) mass is 349 g/mol. The first-order valence-electron chi connectivity index (χ1n) is 6.94. The number of nitrogens with one attached hydrogen (secondary N) is 2. The van der Waals surface area contributed by atoms with Gasteiger partial charge in [-0.25, -0.2) is 9.59 Å². The van der Waals surface area contributed by atoms with Gasteiger partial charge in [-0.2, -0.15) is 4.98 Å². The first-order chi connectivity index (χ1) is 11.5. The van der Waals surface area contributed by atoms with Crippen LogP contribution in [0.2, 0.25) is 0 Å². The minimum Gasteiger partial charge on any atom is -0.497 e. The van der Waals surface area contributed by atoms with Crippen molar-refractivity contribution in [2.24, 2.45) is 0 Å². The third-order valence-corrected chi connectivity index (χ3v) is 3.51. The van der Waals surface area contributed by atoms with Gasteiger partial charge in [-0.15, -0.1) is 11.3 Å². The van der Waals surface area contributed by atoms with Crippen molar-refractivity contribution in [1.29, 1.82) is 0 Å². The van der Waals surface area contributed by atoms with E-state index in [1.165, 1.54) is 12.5 Å². The molecular weight excluding hydrogens is 334 g/mol. The molecule has 0 aliphatic carbocycles. The molecule has 126 valence electrons. The third-order valence-electron chi connectivity index (χ3n) is 2.78. The molecule has 0 bridgehead atoms. The number of ether oxygens (including phenoxy) is 2. The second-order valence-electron chi connectivity index (χ2n) is 4.47. The number of anilines is 2. The summed E-state index contributed by atoms with van der Waals surface area (Å²) in [5, 5.41) is 6.77. The summed E-state index contributed by atoms with van der Waals surface area (Å²) in [6.07, 6.45) is 0.0526. The van der Waals surface area contributed by atoms with Gasteiger partial charge in [0.2, 0.25) is 11.7 Å². The third kappa shape index (κ3) is 4.78. The number of ketones is 1. The summed E-state index contributed by atoms with van der Waals surface area (Å²) in [4.78, 5) is 38.3. The SMILES string of the molecule is CCC(=O)C(=O)Oc1csc(NC(=O)Nc2cccc(OC)c2)n1. The van der Waals surface area contributed by atoms with Crippen LogP contribution in [0.25, 0.3) is 0 Å². The molecule has 2 aromatic rings. The number of thiazole rings is 1. The van der Waals surface area contributed by atoms with Gasteiger partial charge < -0.3 is 14.8 Å². The van der Waals surface area contributed by atoms with E-state index in [0.29, 0.717) is 11.4 Å². The van der Waals surface area contributed by atoms with Crippen LogP contribution in [-0.2, 0) is 9.59 Å². The van der Waals surface area contributed by atoms with Crippen molar-refractivity contribution < 1.29 is 23.9 Å². The number of amides is 2. The van der Waals surface area contributed by atoms with E-state index in [1.807, 2.05) is 0 Å². The van der Waals surface area contributed by atoms with Gasteiger partial charge in [0.25, 0.3) is 0 Å². The molecule has 2 rings (SSSR count). The van der Waals surface area contributed by atoms with Gasteiger partial charge in [0.1, 0.15) is 5.75 Å². The molecular formula is C15H15N3O5S. The van der Waals surface area contributed by atoms with E-state index in [0.717, 1.165) is 11.3 Å². The highest BCUT2D eigenvalue weighted by atomic mass is 32.1. The van der Waals surface area contributed by atoms with Gasteiger partial charge >= 0.3 is 12.0 Å². The van der Waals surface area contributed by atoms with Gasteiger partial charge in [0, 0.05) is 18.2 Å². The Morgan fingerprint density at radius 1 is 1.25 bits per heavy atom. The largest absolute Gasteiger partial charge is 0.497 e. The first-order valence-corrected chi connectivity index (χ1v) is 7.82. The number of benzene rings is 1. The lowest BCUT2D eigenvalue weighted by Gasteiger charge is -2.06. The number of urea groups is 1. The molecule has 0 saturated carbocycles. The number of carbonyl (C=O) groups is 3. The standard InChI is InChI=1S/C15H15N3O5S/c1-3-11(19)13(20)23-12-8-24-15(17-12)18-14(21)16-9-5-4-6-10(7-9)22-2/h4-8H,3H2,1-2H3,(H2,16,17,18,21). The van der Waals surface area contributed by atoms with Gasteiger partial charge in [-0.05, 0) is 12.1 Å². The zero-order valence-corrected chi connectivity index (χ0v) is 13.8. The molecule has 0 fully saturated rings. The fourth-order valence-corrected chi connectivity index (χ4v) is 2.23. The predicted octanol–water partition coefficient (Wildman–Crippen LogP) is 2.68. The second kappa shape index (κ2) is 8.06. The Morgan fingerprint density at radius 3 is 2.75 bits per heavy atom. The predicted molar refractivity (Wildman–Crippen MR) is 88.7 cm³/mol. The van der Waals surface area contributed by atoms with Crippen LogP contribution >= 0.6 is 11.3 Å². The highest BCUT2D eigenvalue weighted by molar-refractivity contribution is 7.14. The summed E-state index contributed by atoms with van der Waals surface area (Å²) >= 11 is 1.06. The Morgan fingerprint density at radius 2 is 2.04 bits per heavy atom. The number of carbonyl (C=O) groups excluding carboxylic acids is 3. The fourth-order valence-electron chi connectivity index (χ4n) is 1.62. The summed E-state index contributed by atoms with van der Waals surface area (Å²) in [6.45, 7) is 1.56. The van der Waals surface area contributed by atoms with Gasteiger partial charge in [0.15, 0.2) is 5.13 Å².